The van der Waals surface area contributed by atoms with Gasteiger partial charge in [-0.2, -0.15) is 10.2 Å². The molecule has 0 atom stereocenters. The first-order valence-corrected chi connectivity index (χ1v) is 7.65. The molecule has 0 aromatic heterocycles. The Morgan fingerprint density at radius 2 is 1.35 bits per heavy atom. The molecule has 3 nitrogen and oxygen atoms in total. The van der Waals surface area contributed by atoms with Crippen LogP contribution in [0.4, 0.5) is 17.1 Å². The van der Waals surface area contributed by atoms with Gasteiger partial charge in [0, 0.05) is 25.1 Å². The van der Waals surface area contributed by atoms with Gasteiger partial charge in [-0.25, -0.2) is 0 Å². The Labute approximate surface area is 128 Å². The van der Waals surface area contributed by atoms with Crippen molar-refractivity contribution in [1.29, 1.82) is 0 Å². The summed E-state index contributed by atoms with van der Waals surface area (Å²) in [6, 6.07) is 16.2. The summed E-state index contributed by atoms with van der Waals surface area (Å²) in [4.78, 5) is 2.06. The van der Waals surface area contributed by atoms with E-state index in [1.165, 1.54) is 5.56 Å². The molecule has 2 aromatic rings. The van der Waals surface area contributed by atoms with Crippen LogP contribution in [0.3, 0.4) is 0 Å². The normalized spacial score (nSPS) is 10.9. The fraction of sp³-hybridized carbons (Fsp3) is 0.250. The van der Waals surface area contributed by atoms with Gasteiger partial charge >= 0.3 is 0 Å². The van der Waals surface area contributed by atoms with E-state index in [4.69, 9.17) is 0 Å². The lowest BCUT2D eigenvalue weighted by Gasteiger charge is -2.11. The van der Waals surface area contributed by atoms with Crippen molar-refractivity contribution in [2.75, 3.05) is 24.3 Å². The summed E-state index contributed by atoms with van der Waals surface area (Å²) in [6.07, 6.45) is 1.03. The lowest BCUT2D eigenvalue weighted by molar-refractivity contribution is 1.13. The highest BCUT2D eigenvalue weighted by atomic mass is 79.9. The Kier molecular flexibility index (Phi) is 5.30. The van der Waals surface area contributed by atoms with Crippen molar-refractivity contribution in [3.05, 3.63) is 54.1 Å². The van der Waals surface area contributed by atoms with Crippen molar-refractivity contribution in [1.82, 2.24) is 0 Å². The van der Waals surface area contributed by atoms with E-state index in [1.54, 1.807) is 0 Å². The number of benzene rings is 2. The van der Waals surface area contributed by atoms with E-state index in [2.05, 4.69) is 43.2 Å². The second-order valence-electron chi connectivity index (χ2n) is 4.72. The van der Waals surface area contributed by atoms with Gasteiger partial charge in [0.15, 0.2) is 0 Å². The molecule has 2 aromatic carbocycles. The summed E-state index contributed by atoms with van der Waals surface area (Å²) in [5.41, 5.74) is 4.19. The summed E-state index contributed by atoms with van der Waals surface area (Å²) in [5, 5.41) is 9.48. The van der Waals surface area contributed by atoms with Crippen LogP contribution >= 0.6 is 15.9 Å². The van der Waals surface area contributed by atoms with E-state index in [0.717, 1.165) is 28.8 Å². The van der Waals surface area contributed by atoms with E-state index >= 15 is 0 Å². The predicted octanol–water partition coefficient (Wildman–Crippen LogP) is 5.11. The third-order valence-corrected chi connectivity index (χ3v) is 3.36. The number of anilines is 1. The first kappa shape index (κ1) is 14.7. The van der Waals surface area contributed by atoms with Crippen molar-refractivity contribution in [3.8, 4) is 0 Å². The van der Waals surface area contributed by atoms with E-state index < -0.39 is 0 Å². The quantitative estimate of drug-likeness (QED) is 0.553. The maximum absolute atomic E-state index is 4.25. The van der Waals surface area contributed by atoms with Crippen LogP contribution in [0, 0.1) is 0 Å². The second-order valence-corrected chi connectivity index (χ2v) is 5.51. The molecule has 0 saturated heterocycles. The SMILES string of the molecule is CN(C)c1ccc(N=Nc2ccc(CCBr)cc2)cc1. The third kappa shape index (κ3) is 4.17. The fourth-order valence-electron chi connectivity index (χ4n) is 1.77. The van der Waals surface area contributed by atoms with Crippen LogP contribution in [-0.4, -0.2) is 19.4 Å². The molecule has 0 radical (unpaired) electrons. The molecule has 2 rings (SSSR count). The van der Waals surface area contributed by atoms with Crippen LogP contribution in [0.15, 0.2) is 58.8 Å². The Morgan fingerprint density at radius 1 is 0.850 bits per heavy atom. The van der Waals surface area contributed by atoms with Crippen LogP contribution < -0.4 is 4.90 Å². The van der Waals surface area contributed by atoms with Gasteiger partial charge < -0.3 is 4.90 Å². The Bertz CT molecular complexity index is 559. The largest absolute Gasteiger partial charge is 0.378 e. The molecule has 0 bridgehead atoms. The summed E-state index contributed by atoms with van der Waals surface area (Å²) < 4.78 is 0. The molecule has 0 amide bonds. The minimum absolute atomic E-state index is 0.861. The van der Waals surface area contributed by atoms with Crippen molar-refractivity contribution < 1.29 is 0 Å². The predicted molar refractivity (Wildman–Crippen MR) is 88.9 cm³/mol. The molecule has 0 aliphatic heterocycles. The maximum Gasteiger partial charge on any atom is 0.0858 e. The minimum Gasteiger partial charge on any atom is -0.378 e. The van der Waals surface area contributed by atoms with Gasteiger partial charge in [0.1, 0.15) is 0 Å². The van der Waals surface area contributed by atoms with Crippen LogP contribution in [0.2, 0.25) is 0 Å². The van der Waals surface area contributed by atoms with Gasteiger partial charge in [-0.1, -0.05) is 28.1 Å². The molecule has 0 spiro atoms. The van der Waals surface area contributed by atoms with Crippen LogP contribution in [-0.2, 0) is 6.42 Å². The minimum atomic E-state index is 0.861. The monoisotopic (exact) mass is 331 g/mol. The Morgan fingerprint density at radius 3 is 1.80 bits per heavy atom. The van der Waals surface area contributed by atoms with Gasteiger partial charge in [-0.05, 0) is 48.4 Å². The summed E-state index contributed by atoms with van der Waals surface area (Å²) in [7, 11) is 4.04. The van der Waals surface area contributed by atoms with Gasteiger partial charge in [0.25, 0.3) is 0 Å². The molecule has 0 saturated carbocycles. The highest BCUT2D eigenvalue weighted by Gasteiger charge is 1.96. The number of alkyl halides is 1. The van der Waals surface area contributed by atoms with Crippen LogP contribution in [0.25, 0.3) is 0 Å². The van der Waals surface area contributed by atoms with Crippen molar-refractivity contribution >= 4 is 33.0 Å². The molecule has 0 aliphatic carbocycles. The number of aryl methyl sites for hydroxylation is 1. The van der Waals surface area contributed by atoms with Gasteiger partial charge in [0.2, 0.25) is 0 Å². The zero-order valence-corrected chi connectivity index (χ0v) is 13.3. The molecule has 0 unspecified atom stereocenters. The topological polar surface area (TPSA) is 28.0 Å². The smallest absolute Gasteiger partial charge is 0.0858 e. The molecular weight excluding hydrogens is 314 g/mol. The summed E-state index contributed by atoms with van der Waals surface area (Å²) in [6.45, 7) is 0. The Hall–Kier alpha value is -1.68. The molecule has 0 aliphatic rings. The second kappa shape index (κ2) is 7.20. The molecule has 4 heteroatoms. The number of hydrogen-bond acceptors (Lipinski definition) is 3. The van der Waals surface area contributed by atoms with Gasteiger partial charge in [0.05, 0.1) is 11.4 Å². The first-order chi connectivity index (χ1) is 9.69. The average molecular weight is 332 g/mol. The molecule has 0 N–H and O–H groups in total. The zero-order valence-electron chi connectivity index (χ0n) is 11.8. The van der Waals surface area contributed by atoms with Gasteiger partial charge in [-0.15, -0.1) is 0 Å². The van der Waals surface area contributed by atoms with E-state index in [-0.39, 0.29) is 0 Å². The highest BCUT2D eigenvalue weighted by molar-refractivity contribution is 9.09. The lowest BCUT2D eigenvalue weighted by Crippen LogP contribution is -2.07. The summed E-state index contributed by atoms with van der Waals surface area (Å²) in [5.74, 6) is 0. The standard InChI is InChI=1S/C16H18BrN3/c1-20(2)16-9-7-15(8-10-16)19-18-14-5-3-13(4-6-14)11-12-17/h3-10H,11-12H2,1-2H3. The van der Waals surface area contributed by atoms with Gasteiger partial charge in [-0.3, -0.25) is 0 Å². The zero-order chi connectivity index (χ0) is 14.4. The molecular formula is C16H18BrN3. The first-order valence-electron chi connectivity index (χ1n) is 6.53. The molecule has 20 heavy (non-hydrogen) atoms. The fourth-order valence-corrected chi connectivity index (χ4v) is 2.23. The third-order valence-electron chi connectivity index (χ3n) is 2.97. The maximum atomic E-state index is 4.25. The van der Waals surface area contributed by atoms with E-state index in [0.29, 0.717) is 0 Å². The number of azo groups is 1. The van der Waals surface area contributed by atoms with Crippen LogP contribution in [0.1, 0.15) is 5.56 Å². The number of rotatable bonds is 5. The molecule has 104 valence electrons. The number of hydrogen-bond donors (Lipinski definition) is 0. The van der Waals surface area contributed by atoms with Crippen molar-refractivity contribution in [2.45, 2.75) is 6.42 Å². The van der Waals surface area contributed by atoms with E-state index in [9.17, 15) is 0 Å². The average Bonchev–Trinajstić information content (AvgIpc) is 2.47. The van der Waals surface area contributed by atoms with Crippen molar-refractivity contribution in [3.63, 3.8) is 0 Å². The molecule has 0 heterocycles. The number of halogens is 1. The van der Waals surface area contributed by atoms with E-state index in [1.807, 2.05) is 50.5 Å². The molecule has 0 fully saturated rings. The highest BCUT2D eigenvalue weighted by Crippen LogP contribution is 2.21. The van der Waals surface area contributed by atoms with Crippen molar-refractivity contribution in [2.24, 2.45) is 10.2 Å². The lowest BCUT2D eigenvalue weighted by atomic mass is 10.2. The Balaban J connectivity index is 2.04. The van der Waals surface area contributed by atoms with Crippen LogP contribution in [0.5, 0.6) is 0 Å². The summed E-state index contributed by atoms with van der Waals surface area (Å²) >= 11 is 3.44. The number of nitrogens with zero attached hydrogens (tertiary/aromatic N) is 3.